The van der Waals surface area contributed by atoms with E-state index in [0.29, 0.717) is 0 Å². The van der Waals surface area contributed by atoms with Gasteiger partial charge in [-0.05, 0) is 11.6 Å². The SMILES string of the molecule is Oc1sc2c(CBr)cccc2c1O. The summed E-state index contributed by atoms with van der Waals surface area (Å²) in [7, 11) is 0. The van der Waals surface area contributed by atoms with Crippen molar-refractivity contribution in [3.63, 3.8) is 0 Å². The first-order valence-corrected chi connectivity index (χ1v) is 5.66. The molecule has 2 N–H and O–H groups in total. The first kappa shape index (κ1) is 8.84. The average Bonchev–Trinajstić information content (AvgIpc) is 2.43. The Hall–Kier alpha value is -0.740. The van der Waals surface area contributed by atoms with Crippen LogP contribution in [-0.2, 0) is 5.33 Å². The van der Waals surface area contributed by atoms with Gasteiger partial charge >= 0.3 is 0 Å². The molecule has 0 radical (unpaired) electrons. The van der Waals surface area contributed by atoms with Crippen molar-refractivity contribution in [1.82, 2.24) is 0 Å². The molecule has 0 saturated heterocycles. The van der Waals surface area contributed by atoms with Crippen molar-refractivity contribution < 1.29 is 10.2 Å². The fourth-order valence-electron chi connectivity index (χ4n) is 1.26. The summed E-state index contributed by atoms with van der Waals surface area (Å²) in [6, 6.07) is 5.63. The minimum Gasteiger partial charge on any atom is -0.503 e. The van der Waals surface area contributed by atoms with E-state index in [-0.39, 0.29) is 10.8 Å². The van der Waals surface area contributed by atoms with Gasteiger partial charge in [-0.3, -0.25) is 0 Å². The van der Waals surface area contributed by atoms with Crippen molar-refractivity contribution in [3.8, 4) is 10.8 Å². The molecule has 2 rings (SSSR count). The zero-order valence-corrected chi connectivity index (χ0v) is 9.02. The number of aromatic hydroxyl groups is 2. The van der Waals surface area contributed by atoms with E-state index in [1.54, 1.807) is 6.07 Å². The highest BCUT2D eigenvalue weighted by Crippen LogP contribution is 2.43. The van der Waals surface area contributed by atoms with Crippen LogP contribution in [0.4, 0.5) is 0 Å². The van der Waals surface area contributed by atoms with E-state index in [1.807, 2.05) is 12.1 Å². The molecule has 4 heteroatoms. The minimum absolute atomic E-state index is 0.0107. The normalized spacial score (nSPS) is 10.8. The van der Waals surface area contributed by atoms with Gasteiger partial charge in [0, 0.05) is 15.4 Å². The fraction of sp³-hybridized carbons (Fsp3) is 0.111. The summed E-state index contributed by atoms with van der Waals surface area (Å²) in [6.07, 6.45) is 0. The topological polar surface area (TPSA) is 40.5 Å². The molecule has 0 atom stereocenters. The van der Waals surface area contributed by atoms with Gasteiger partial charge in [-0.15, -0.1) is 0 Å². The lowest BCUT2D eigenvalue weighted by Crippen LogP contribution is -1.75. The monoisotopic (exact) mass is 258 g/mol. The molecule has 1 heterocycles. The first-order valence-electron chi connectivity index (χ1n) is 3.72. The maximum absolute atomic E-state index is 9.46. The Balaban J connectivity index is 2.84. The summed E-state index contributed by atoms with van der Waals surface area (Å²) in [4.78, 5) is 0. The maximum atomic E-state index is 9.46. The van der Waals surface area contributed by atoms with E-state index in [0.717, 1.165) is 21.0 Å². The van der Waals surface area contributed by atoms with Crippen LogP contribution in [0, 0.1) is 0 Å². The predicted octanol–water partition coefficient (Wildman–Crippen LogP) is 3.21. The van der Waals surface area contributed by atoms with Crippen LogP contribution in [0.5, 0.6) is 10.8 Å². The van der Waals surface area contributed by atoms with Crippen molar-refractivity contribution in [2.45, 2.75) is 5.33 Å². The van der Waals surface area contributed by atoms with Crippen LogP contribution < -0.4 is 0 Å². The largest absolute Gasteiger partial charge is 0.503 e. The molecule has 0 amide bonds. The molecule has 2 aromatic rings. The Morgan fingerprint density at radius 1 is 1.31 bits per heavy atom. The zero-order valence-electron chi connectivity index (χ0n) is 6.62. The highest BCUT2D eigenvalue weighted by molar-refractivity contribution is 9.08. The van der Waals surface area contributed by atoms with E-state index in [1.165, 1.54) is 11.3 Å². The number of thiophene rings is 1. The molecule has 0 fully saturated rings. The second kappa shape index (κ2) is 3.20. The molecular weight excluding hydrogens is 252 g/mol. The average molecular weight is 259 g/mol. The van der Waals surface area contributed by atoms with Crippen LogP contribution in [-0.4, -0.2) is 10.2 Å². The van der Waals surface area contributed by atoms with Gasteiger partial charge < -0.3 is 10.2 Å². The second-order valence-corrected chi connectivity index (χ2v) is 4.24. The summed E-state index contributed by atoms with van der Waals surface area (Å²) in [5.74, 6) is -0.0113. The van der Waals surface area contributed by atoms with Crippen molar-refractivity contribution in [2.75, 3.05) is 0 Å². The number of hydrogen-bond acceptors (Lipinski definition) is 3. The molecule has 0 aliphatic carbocycles. The van der Waals surface area contributed by atoms with Gasteiger partial charge in [-0.1, -0.05) is 39.4 Å². The van der Waals surface area contributed by atoms with Gasteiger partial charge in [-0.25, -0.2) is 0 Å². The molecule has 0 unspecified atom stereocenters. The van der Waals surface area contributed by atoms with E-state index in [9.17, 15) is 10.2 Å². The van der Waals surface area contributed by atoms with Crippen LogP contribution in [0.25, 0.3) is 10.1 Å². The van der Waals surface area contributed by atoms with Crippen LogP contribution in [0.1, 0.15) is 5.56 Å². The summed E-state index contributed by atoms with van der Waals surface area (Å²) in [5.41, 5.74) is 1.08. The Morgan fingerprint density at radius 3 is 2.77 bits per heavy atom. The van der Waals surface area contributed by atoms with Crippen molar-refractivity contribution in [2.24, 2.45) is 0 Å². The van der Waals surface area contributed by atoms with E-state index < -0.39 is 0 Å². The van der Waals surface area contributed by atoms with Gasteiger partial charge in [0.15, 0.2) is 5.75 Å². The lowest BCUT2D eigenvalue weighted by molar-refractivity contribution is 0.419. The van der Waals surface area contributed by atoms with Gasteiger partial charge in [0.1, 0.15) is 0 Å². The Morgan fingerprint density at radius 2 is 2.08 bits per heavy atom. The molecule has 1 aromatic heterocycles. The zero-order chi connectivity index (χ0) is 9.42. The number of benzene rings is 1. The Bertz CT molecular complexity index is 450. The molecular formula is C9H7BrO2S. The Labute approximate surface area is 87.6 Å². The van der Waals surface area contributed by atoms with Crippen LogP contribution >= 0.6 is 27.3 Å². The molecule has 0 bridgehead atoms. The smallest absolute Gasteiger partial charge is 0.215 e. The van der Waals surface area contributed by atoms with Gasteiger partial charge in [0.05, 0.1) is 0 Å². The van der Waals surface area contributed by atoms with Crippen molar-refractivity contribution >= 4 is 37.4 Å². The summed E-state index contributed by atoms with van der Waals surface area (Å²) in [5, 5.41) is 20.2. The van der Waals surface area contributed by atoms with Gasteiger partial charge in [0.2, 0.25) is 5.06 Å². The standard InChI is InChI=1S/C9H7BrO2S/c10-4-5-2-1-3-6-7(11)9(12)13-8(5)6/h1-3,11-12H,4H2. The highest BCUT2D eigenvalue weighted by Gasteiger charge is 2.11. The summed E-state index contributed by atoms with van der Waals surface area (Å²) in [6.45, 7) is 0. The van der Waals surface area contributed by atoms with E-state index in [2.05, 4.69) is 15.9 Å². The maximum Gasteiger partial charge on any atom is 0.215 e. The highest BCUT2D eigenvalue weighted by atomic mass is 79.9. The van der Waals surface area contributed by atoms with Gasteiger partial charge in [0.25, 0.3) is 0 Å². The van der Waals surface area contributed by atoms with Gasteiger partial charge in [-0.2, -0.15) is 0 Å². The van der Waals surface area contributed by atoms with Crippen molar-refractivity contribution in [3.05, 3.63) is 23.8 Å². The first-order chi connectivity index (χ1) is 6.24. The van der Waals surface area contributed by atoms with Crippen molar-refractivity contribution in [1.29, 1.82) is 0 Å². The van der Waals surface area contributed by atoms with E-state index >= 15 is 0 Å². The number of hydrogen-bond donors (Lipinski definition) is 2. The molecule has 0 aliphatic rings. The van der Waals surface area contributed by atoms with Crippen LogP contribution in [0.2, 0.25) is 0 Å². The number of fused-ring (bicyclic) bond motifs is 1. The van der Waals surface area contributed by atoms with E-state index in [4.69, 9.17) is 0 Å². The molecule has 1 aromatic carbocycles. The molecule has 68 valence electrons. The summed E-state index contributed by atoms with van der Waals surface area (Å²) >= 11 is 4.56. The molecule has 0 aliphatic heterocycles. The predicted molar refractivity (Wildman–Crippen MR) is 57.8 cm³/mol. The number of halogens is 1. The third-order valence-corrected chi connectivity index (χ3v) is 3.57. The molecule has 0 spiro atoms. The van der Waals surface area contributed by atoms with Crippen LogP contribution in [0.3, 0.4) is 0 Å². The molecule has 2 nitrogen and oxygen atoms in total. The van der Waals surface area contributed by atoms with Crippen LogP contribution in [0.15, 0.2) is 18.2 Å². The number of alkyl halides is 1. The lowest BCUT2D eigenvalue weighted by atomic mass is 10.2. The molecule has 0 saturated carbocycles. The number of rotatable bonds is 1. The second-order valence-electron chi connectivity index (χ2n) is 2.68. The summed E-state index contributed by atoms with van der Waals surface area (Å²) < 4.78 is 0.939. The quantitative estimate of drug-likeness (QED) is 0.772. The fourth-order valence-corrected chi connectivity index (χ4v) is 2.86. The third kappa shape index (κ3) is 1.30. The Kier molecular flexibility index (Phi) is 2.17. The lowest BCUT2D eigenvalue weighted by Gasteiger charge is -1.95. The molecule has 13 heavy (non-hydrogen) atoms. The third-order valence-electron chi connectivity index (χ3n) is 1.90. The minimum atomic E-state index is -0.0113.